The highest BCUT2D eigenvalue weighted by atomic mass is 79.9. The fourth-order valence-corrected chi connectivity index (χ4v) is 4.42. The first-order valence-corrected chi connectivity index (χ1v) is 10.7. The lowest BCUT2D eigenvalue weighted by atomic mass is 10.1. The third-order valence-corrected chi connectivity index (χ3v) is 6.81. The fraction of sp³-hybridized carbons (Fsp3) is 0.316. The highest BCUT2D eigenvalue weighted by molar-refractivity contribution is 9.10. The number of ether oxygens (including phenoxy) is 1. The van der Waals surface area contributed by atoms with Gasteiger partial charge in [-0.3, -0.25) is 4.79 Å². The minimum atomic E-state index is -3.48. The molecular weight excluding hydrogens is 432 g/mol. The van der Waals surface area contributed by atoms with Crippen LogP contribution in [0.1, 0.15) is 12.5 Å². The van der Waals surface area contributed by atoms with Crippen LogP contribution in [0.15, 0.2) is 51.8 Å². The third kappa shape index (κ3) is 4.02. The maximum atomic E-state index is 12.7. The largest absolute Gasteiger partial charge is 0.484 e. The number of rotatable bonds is 5. The zero-order valence-electron chi connectivity index (χ0n) is 15.3. The van der Waals surface area contributed by atoms with E-state index < -0.39 is 10.0 Å². The van der Waals surface area contributed by atoms with E-state index in [0.717, 1.165) is 26.4 Å². The Morgan fingerprint density at radius 3 is 2.52 bits per heavy atom. The van der Waals surface area contributed by atoms with Crippen molar-refractivity contribution < 1.29 is 17.9 Å². The zero-order chi connectivity index (χ0) is 19.8. The van der Waals surface area contributed by atoms with Crippen LogP contribution in [0.25, 0.3) is 0 Å². The lowest BCUT2D eigenvalue weighted by Gasteiger charge is -2.22. The molecule has 0 saturated heterocycles. The number of carbonyl (C=O) groups is 1. The lowest BCUT2D eigenvalue weighted by Crippen LogP contribution is -2.39. The summed E-state index contributed by atoms with van der Waals surface area (Å²) in [5.74, 6) is 0.317. The van der Waals surface area contributed by atoms with E-state index in [2.05, 4.69) is 15.9 Å². The molecule has 0 fully saturated rings. The molecule has 2 aromatic rings. The predicted molar refractivity (Wildman–Crippen MR) is 108 cm³/mol. The number of fused-ring (bicyclic) bond motifs is 1. The molecule has 1 unspecified atom stereocenters. The van der Waals surface area contributed by atoms with Crippen molar-refractivity contribution in [2.24, 2.45) is 0 Å². The maximum absolute atomic E-state index is 12.7. The highest BCUT2D eigenvalue weighted by Gasteiger charge is 2.31. The van der Waals surface area contributed by atoms with E-state index in [-0.39, 0.29) is 23.5 Å². The molecule has 1 atom stereocenters. The molecule has 0 bridgehead atoms. The lowest BCUT2D eigenvalue weighted by molar-refractivity contribution is -0.120. The average Bonchev–Trinajstić information content (AvgIpc) is 2.94. The highest BCUT2D eigenvalue weighted by Crippen LogP contribution is 2.34. The summed E-state index contributed by atoms with van der Waals surface area (Å²) in [5, 5.41) is 0. The molecule has 8 heteroatoms. The number of halogens is 1. The standard InChI is InChI=1S/C19H21BrN2O4S/c1-13-10-14-11-15(20)4-9-18(14)22(13)19(23)12-26-16-5-7-17(8-6-16)27(24,25)21(2)3/h4-9,11,13H,10,12H2,1-3H3. The molecule has 0 radical (unpaired) electrons. The zero-order valence-corrected chi connectivity index (χ0v) is 17.7. The Morgan fingerprint density at radius 2 is 1.89 bits per heavy atom. The number of hydrogen-bond donors (Lipinski definition) is 0. The van der Waals surface area contributed by atoms with Gasteiger partial charge in [-0.1, -0.05) is 15.9 Å². The third-order valence-electron chi connectivity index (χ3n) is 4.49. The van der Waals surface area contributed by atoms with E-state index >= 15 is 0 Å². The van der Waals surface area contributed by atoms with E-state index in [4.69, 9.17) is 4.74 Å². The average molecular weight is 453 g/mol. The van der Waals surface area contributed by atoms with Crippen LogP contribution in [0.2, 0.25) is 0 Å². The molecule has 0 aromatic heterocycles. The van der Waals surface area contributed by atoms with Gasteiger partial charge in [-0.2, -0.15) is 0 Å². The number of nitrogens with zero attached hydrogens (tertiary/aromatic N) is 2. The second-order valence-electron chi connectivity index (χ2n) is 6.64. The van der Waals surface area contributed by atoms with Crippen molar-refractivity contribution in [1.82, 2.24) is 4.31 Å². The van der Waals surface area contributed by atoms with Crippen LogP contribution in [-0.4, -0.2) is 45.4 Å². The van der Waals surface area contributed by atoms with Gasteiger partial charge in [0.15, 0.2) is 6.61 Å². The molecule has 144 valence electrons. The Kier molecular flexibility index (Phi) is 5.60. The van der Waals surface area contributed by atoms with Gasteiger partial charge < -0.3 is 9.64 Å². The van der Waals surface area contributed by atoms with Crippen LogP contribution < -0.4 is 9.64 Å². The van der Waals surface area contributed by atoms with Gasteiger partial charge in [0.1, 0.15) is 5.75 Å². The fourth-order valence-electron chi connectivity index (χ4n) is 3.11. The first-order chi connectivity index (χ1) is 12.7. The van der Waals surface area contributed by atoms with Crippen molar-refractivity contribution in [2.45, 2.75) is 24.3 Å². The van der Waals surface area contributed by atoms with Gasteiger partial charge in [0.25, 0.3) is 5.91 Å². The molecule has 1 amide bonds. The number of benzene rings is 2. The van der Waals surface area contributed by atoms with Gasteiger partial charge in [0.05, 0.1) is 4.90 Å². The second-order valence-corrected chi connectivity index (χ2v) is 9.70. The minimum absolute atomic E-state index is 0.0676. The van der Waals surface area contributed by atoms with Crippen LogP contribution in [0.3, 0.4) is 0 Å². The SMILES string of the molecule is CC1Cc2cc(Br)ccc2N1C(=O)COc1ccc(S(=O)(=O)N(C)C)cc1. The van der Waals surface area contributed by atoms with Crippen LogP contribution in [0.5, 0.6) is 5.75 Å². The maximum Gasteiger partial charge on any atom is 0.265 e. The molecule has 0 spiro atoms. The van der Waals surface area contributed by atoms with Gasteiger partial charge >= 0.3 is 0 Å². The van der Waals surface area contributed by atoms with E-state index in [1.807, 2.05) is 25.1 Å². The number of amides is 1. The Hall–Kier alpha value is -1.90. The summed E-state index contributed by atoms with van der Waals surface area (Å²) in [5.41, 5.74) is 2.04. The van der Waals surface area contributed by atoms with Crippen LogP contribution in [0.4, 0.5) is 5.69 Å². The van der Waals surface area contributed by atoms with Gasteiger partial charge in [0.2, 0.25) is 10.0 Å². The number of sulfonamides is 1. The molecule has 1 aliphatic rings. The smallest absolute Gasteiger partial charge is 0.265 e. The van der Waals surface area contributed by atoms with Crippen molar-refractivity contribution in [1.29, 1.82) is 0 Å². The number of anilines is 1. The molecule has 1 aliphatic heterocycles. The molecule has 3 rings (SSSR count). The summed E-state index contributed by atoms with van der Waals surface area (Å²) in [6.07, 6.45) is 0.803. The molecule has 0 saturated carbocycles. The van der Waals surface area contributed by atoms with Crippen LogP contribution >= 0.6 is 15.9 Å². The number of hydrogen-bond acceptors (Lipinski definition) is 4. The summed E-state index contributed by atoms with van der Waals surface area (Å²) in [4.78, 5) is 14.6. The quantitative estimate of drug-likeness (QED) is 0.698. The van der Waals surface area contributed by atoms with Crippen LogP contribution in [0, 0.1) is 0 Å². The normalized spacial score (nSPS) is 16.5. The van der Waals surface area contributed by atoms with E-state index in [9.17, 15) is 13.2 Å². The summed E-state index contributed by atoms with van der Waals surface area (Å²) >= 11 is 3.46. The first kappa shape index (κ1) is 19.9. The molecule has 27 heavy (non-hydrogen) atoms. The molecule has 1 heterocycles. The summed E-state index contributed by atoms with van der Waals surface area (Å²) < 4.78 is 31.9. The Bertz CT molecular complexity index is 958. The van der Waals surface area contributed by atoms with Crippen molar-refractivity contribution in [3.63, 3.8) is 0 Å². The summed E-state index contributed by atoms with van der Waals surface area (Å²) in [6, 6.07) is 12.0. The van der Waals surface area contributed by atoms with Crippen LogP contribution in [-0.2, 0) is 21.2 Å². The Balaban J connectivity index is 1.68. The van der Waals surface area contributed by atoms with Crippen molar-refractivity contribution >= 4 is 37.5 Å². The summed E-state index contributed by atoms with van der Waals surface area (Å²) in [6.45, 7) is 1.90. The Morgan fingerprint density at radius 1 is 1.22 bits per heavy atom. The second kappa shape index (κ2) is 7.61. The Labute approximate surface area is 167 Å². The molecule has 2 aromatic carbocycles. The van der Waals surface area contributed by atoms with Crippen molar-refractivity contribution in [3.05, 3.63) is 52.5 Å². The predicted octanol–water partition coefficient (Wildman–Crippen LogP) is 3.06. The minimum Gasteiger partial charge on any atom is -0.484 e. The number of carbonyl (C=O) groups excluding carboxylic acids is 1. The van der Waals surface area contributed by atoms with E-state index in [1.54, 1.807) is 17.0 Å². The molecule has 0 N–H and O–H groups in total. The molecule has 6 nitrogen and oxygen atoms in total. The van der Waals surface area contributed by atoms with E-state index in [1.165, 1.54) is 26.2 Å². The monoisotopic (exact) mass is 452 g/mol. The van der Waals surface area contributed by atoms with Gasteiger partial charge in [-0.25, -0.2) is 12.7 Å². The molecular formula is C19H21BrN2O4S. The van der Waals surface area contributed by atoms with Gasteiger partial charge in [-0.05, 0) is 61.4 Å². The molecule has 0 aliphatic carbocycles. The van der Waals surface area contributed by atoms with Crippen molar-refractivity contribution in [2.75, 3.05) is 25.6 Å². The van der Waals surface area contributed by atoms with E-state index in [0.29, 0.717) is 5.75 Å². The van der Waals surface area contributed by atoms with Gasteiger partial charge in [0, 0.05) is 30.3 Å². The summed E-state index contributed by atoms with van der Waals surface area (Å²) in [7, 11) is -0.527. The topological polar surface area (TPSA) is 66.9 Å². The van der Waals surface area contributed by atoms with Gasteiger partial charge in [-0.15, -0.1) is 0 Å². The van der Waals surface area contributed by atoms with Crippen molar-refractivity contribution in [3.8, 4) is 5.75 Å². The first-order valence-electron chi connectivity index (χ1n) is 8.46.